The van der Waals surface area contributed by atoms with E-state index in [0.717, 1.165) is 0 Å². The highest BCUT2D eigenvalue weighted by Crippen LogP contribution is 2.18. The van der Waals surface area contributed by atoms with Crippen molar-refractivity contribution >= 4 is 0 Å². The average Bonchev–Trinajstić information content (AvgIpc) is 2.18. The van der Waals surface area contributed by atoms with Crippen molar-refractivity contribution in [2.45, 2.75) is 24.6 Å². The van der Waals surface area contributed by atoms with Crippen LogP contribution in [0.4, 0.5) is 0 Å². The maximum atomic E-state index is 9.66. The van der Waals surface area contributed by atoms with Gasteiger partial charge in [0.2, 0.25) is 0 Å². The molecule has 0 saturated carbocycles. The van der Waals surface area contributed by atoms with Gasteiger partial charge in [0.1, 0.15) is 18.3 Å². The van der Waals surface area contributed by atoms with Crippen molar-refractivity contribution in [2.24, 2.45) is 0 Å². The van der Waals surface area contributed by atoms with Gasteiger partial charge in [-0.05, 0) is 0 Å². The Morgan fingerprint density at radius 2 is 2.29 bits per heavy atom. The van der Waals surface area contributed by atoms with Gasteiger partial charge in [0.15, 0.2) is 6.29 Å². The third kappa shape index (κ3) is 2.52. The summed E-state index contributed by atoms with van der Waals surface area (Å²) in [5, 5.41) is 19.1. The first kappa shape index (κ1) is 11.6. The summed E-state index contributed by atoms with van der Waals surface area (Å²) in [5.41, 5.74) is 0. The van der Waals surface area contributed by atoms with E-state index in [0.29, 0.717) is 0 Å². The Hall–Kier alpha value is -0.460. The lowest BCUT2D eigenvalue weighted by molar-refractivity contribution is -0.268. The molecule has 1 aliphatic rings. The van der Waals surface area contributed by atoms with Crippen LogP contribution in [-0.4, -0.2) is 55.1 Å². The van der Waals surface area contributed by atoms with E-state index in [1.54, 1.807) is 6.08 Å². The van der Waals surface area contributed by atoms with Crippen molar-refractivity contribution in [2.75, 3.05) is 20.3 Å². The van der Waals surface area contributed by atoms with E-state index in [-0.39, 0.29) is 13.2 Å². The Kier molecular flexibility index (Phi) is 4.50. The van der Waals surface area contributed by atoms with E-state index in [1.165, 1.54) is 7.11 Å². The highest BCUT2D eigenvalue weighted by atomic mass is 16.7. The molecule has 1 saturated heterocycles. The summed E-state index contributed by atoms with van der Waals surface area (Å²) in [7, 11) is 1.43. The van der Waals surface area contributed by atoms with Gasteiger partial charge >= 0.3 is 0 Å². The third-order valence-electron chi connectivity index (χ3n) is 2.06. The van der Waals surface area contributed by atoms with Crippen LogP contribution in [0.25, 0.3) is 0 Å². The zero-order chi connectivity index (χ0) is 10.6. The monoisotopic (exact) mass is 204 g/mol. The normalized spacial score (nSPS) is 38.2. The van der Waals surface area contributed by atoms with Crippen LogP contribution in [0.15, 0.2) is 12.7 Å². The fraction of sp³-hybridized carbons (Fsp3) is 0.778. The molecular formula is C9H16O5. The maximum Gasteiger partial charge on any atom is 0.185 e. The largest absolute Gasteiger partial charge is 0.388 e. The molecule has 82 valence electrons. The second-order valence-corrected chi connectivity index (χ2v) is 3.08. The highest BCUT2D eigenvalue weighted by molar-refractivity contribution is 4.85. The Morgan fingerprint density at radius 1 is 1.57 bits per heavy atom. The van der Waals surface area contributed by atoms with Crippen LogP contribution >= 0.6 is 0 Å². The number of hydrogen-bond donors (Lipinski definition) is 2. The molecule has 0 amide bonds. The van der Waals surface area contributed by atoms with Crippen molar-refractivity contribution in [1.82, 2.24) is 0 Å². The maximum absolute atomic E-state index is 9.66. The van der Waals surface area contributed by atoms with Gasteiger partial charge in [-0.25, -0.2) is 0 Å². The van der Waals surface area contributed by atoms with Crippen LogP contribution < -0.4 is 0 Å². The fourth-order valence-corrected chi connectivity index (χ4v) is 1.37. The molecular weight excluding hydrogens is 188 g/mol. The lowest BCUT2D eigenvalue weighted by Gasteiger charge is -2.36. The van der Waals surface area contributed by atoms with Crippen LogP contribution in [0, 0.1) is 0 Å². The zero-order valence-electron chi connectivity index (χ0n) is 8.13. The summed E-state index contributed by atoms with van der Waals surface area (Å²) >= 11 is 0. The van der Waals surface area contributed by atoms with Crippen molar-refractivity contribution in [3.63, 3.8) is 0 Å². The van der Waals surface area contributed by atoms with Gasteiger partial charge in [0.25, 0.3) is 0 Å². The molecule has 0 aromatic carbocycles. The quantitative estimate of drug-likeness (QED) is 0.592. The molecule has 0 aliphatic carbocycles. The first-order valence-corrected chi connectivity index (χ1v) is 4.43. The lowest BCUT2D eigenvalue weighted by atomic mass is 10.1. The second-order valence-electron chi connectivity index (χ2n) is 3.08. The minimum Gasteiger partial charge on any atom is -0.388 e. The van der Waals surface area contributed by atoms with Crippen molar-refractivity contribution in [3.05, 3.63) is 12.7 Å². The van der Waals surface area contributed by atoms with Gasteiger partial charge < -0.3 is 24.4 Å². The second kappa shape index (κ2) is 5.43. The Bertz CT molecular complexity index is 184. The van der Waals surface area contributed by atoms with Crippen molar-refractivity contribution < 1.29 is 24.4 Å². The van der Waals surface area contributed by atoms with Gasteiger partial charge in [-0.15, -0.1) is 6.58 Å². The zero-order valence-corrected chi connectivity index (χ0v) is 8.13. The summed E-state index contributed by atoms with van der Waals surface area (Å²) in [6.45, 7) is 3.85. The van der Waals surface area contributed by atoms with Gasteiger partial charge in [0, 0.05) is 7.11 Å². The molecule has 2 N–H and O–H groups in total. The van der Waals surface area contributed by atoms with Crippen LogP contribution in [0.2, 0.25) is 0 Å². The van der Waals surface area contributed by atoms with Crippen LogP contribution in [0.5, 0.6) is 0 Å². The number of aliphatic hydroxyl groups is 2. The van der Waals surface area contributed by atoms with Crippen LogP contribution in [-0.2, 0) is 14.2 Å². The number of rotatable bonds is 4. The highest BCUT2D eigenvalue weighted by Gasteiger charge is 2.39. The molecule has 1 aliphatic heterocycles. The average molecular weight is 204 g/mol. The molecule has 5 heteroatoms. The first-order valence-electron chi connectivity index (χ1n) is 4.43. The molecule has 0 radical (unpaired) electrons. The number of aliphatic hydroxyl groups excluding tert-OH is 2. The molecule has 4 atom stereocenters. The van der Waals surface area contributed by atoms with Gasteiger partial charge in [-0.1, -0.05) is 6.08 Å². The van der Waals surface area contributed by atoms with E-state index in [4.69, 9.17) is 14.2 Å². The van der Waals surface area contributed by atoms with Crippen molar-refractivity contribution in [1.29, 1.82) is 0 Å². The smallest absolute Gasteiger partial charge is 0.185 e. The predicted octanol–water partition coefficient (Wildman–Crippen LogP) is -0.718. The van der Waals surface area contributed by atoms with Gasteiger partial charge in [0.05, 0.1) is 13.2 Å². The van der Waals surface area contributed by atoms with Crippen molar-refractivity contribution in [3.8, 4) is 0 Å². The topological polar surface area (TPSA) is 68.2 Å². The summed E-state index contributed by atoms with van der Waals surface area (Å²) in [6, 6.07) is 0. The molecule has 1 fully saturated rings. The minimum absolute atomic E-state index is 0.0946. The summed E-state index contributed by atoms with van der Waals surface area (Å²) in [4.78, 5) is 0. The summed E-state index contributed by atoms with van der Waals surface area (Å²) in [6.07, 6.45) is -1.70. The fourth-order valence-electron chi connectivity index (χ4n) is 1.37. The first-order chi connectivity index (χ1) is 6.70. The molecule has 0 aromatic heterocycles. The molecule has 0 bridgehead atoms. The van der Waals surface area contributed by atoms with E-state index < -0.39 is 24.6 Å². The summed E-state index contributed by atoms with van der Waals surface area (Å²) < 4.78 is 15.1. The standard InChI is InChI=1S/C9H16O5/c1-3-4-13-8-6(10)5-14-9(12-2)7(8)11/h3,6-11H,1,4-5H2,2H3/t6-,7+,8-,9-/m0/s1. The van der Waals surface area contributed by atoms with Gasteiger partial charge in [-0.3, -0.25) is 0 Å². The van der Waals surface area contributed by atoms with Crippen LogP contribution in [0.3, 0.4) is 0 Å². The SMILES string of the molecule is C=CCO[C@@H]1[C@@H](O)[C@@H](OC)OC[C@@H]1O. The minimum atomic E-state index is -0.983. The lowest BCUT2D eigenvalue weighted by Crippen LogP contribution is -2.54. The number of ether oxygens (including phenoxy) is 3. The molecule has 5 nitrogen and oxygen atoms in total. The molecule has 1 heterocycles. The third-order valence-corrected chi connectivity index (χ3v) is 2.06. The van der Waals surface area contributed by atoms with Crippen LogP contribution in [0.1, 0.15) is 0 Å². The molecule has 0 unspecified atom stereocenters. The molecule has 0 spiro atoms. The van der Waals surface area contributed by atoms with E-state index in [1.807, 2.05) is 0 Å². The summed E-state index contributed by atoms with van der Waals surface area (Å²) in [5.74, 6) is 0. The molecule has 14 heavy (non-hydrogen) atoms. The Labute approximate surface area is 82.9 Å². The van der Waals surface area contributed by atoms with E-state index in [9.17, 15) is 10.2 Å². The molecule has 1 rings (SSSR count). The van der Waals surface area contributed by atoms with E-state index >= 15 is 0 Å². The van der Waals surface area contributed by atoms with Gasteiger partial charge in [-0.2, -0.15) is 0 Å². The number of hydrogen-bond acceptors (Lipinski definition) is 5. The Morgan fingerprint density at radius 3 is 2.86 bits per heavy atom. The predicted molar refractivity (Wildman–Crippen MR) is 48.7 cm³/mol. The van der Waals surface area contributed by atoms with E-state index in [2.05, 4.69) is 6.58 Å². The molecule has 0 aromatic rings. The number of methoxy groups -OCH3 is 1. The Balaban J connectivity index is 2.53.